The van der Waals surface area contributed by atoms with Crippen LogP contribution in [0.15, 0.2) is 29.3 Å². The number of hydrogen-bond acceptors (Lipinski definition) is 8. The maximum absolute atomic E-state index is 13.5. The number of nitrogens with zero attached hydrogens (tertiary/aromatic N) is 3. The largest absolute Gasteiger partial charge is 0.471 e. The fourth-order valence-electron chi connectivity index (χ4n) is 5.37. The lowest BCUT2D eigenvalue weighted by Gasteiger charge is -2.51. The summed E-state index contributed by atoms with van der Waals surface area (Å²) < 4.78 is 77.6. The monoisotopic (exact) mass is 540 g/mol. The Kier molecular flexibility index (Phi) is 6.86. The molecule has 2 aliphatic heterocycles. The van der Waals surface area contributed by atoms with Gasteiger partial charge in [-0.25, -0.2) is 13.4 Å². The molecule has 2 saturated heterocycles. The summed E-state index contributed by atoms with van der Waals surface area (Å²) in [5, 5.41) is 2.52. The minimum atomic E-state index is -4.67. The van der Waals surface area contributed by atoms with Crippen molar-refractivity contribution in [3.63, 3.8) is 0 Å². The molecule has 1 atom stereocenters. The average molecular weight is 541 g/mol. The molecule has 0 bridgehead atoms. The molecule has 1 unspecified atom stereocenters. The number of piperidine rings is 1. The van der Waals surface area contributed by atoms with Crippen LogP contribution in [0, 0.1) is 12.3 Å². The van der Waals surface area contributed by atoms with Gasteiger partial charge in [0.1, 0.15) is 11.7 Å². The minimum absolute atomic E-state index is 0.0798. The fourth-order valence-corrected chi connectivity index (χ4v) is 7.50. The zero-order valence-corrected chi connectivity index (χ0v) is 21.7. The van der Waals surface area contributed by atoms with Crippen LogP contribution in [0.3, 0.4) is 0 Å². The summed E-state index contributed by atoms with van der Waals surface area (Å²) in [6.07, 6.45) is -0.592. The number of rotatable bonds is 6. The Labute approximate surface area is 214 Å². The molecule has 12 heteroatoms. The lowest BCUT2D eigenvalue weighted by molar-refractivity contribution is -0.139. The number of ether oxygens (including phenoxy) is 2. The molecule has 37 heavy (non-hydrogen) atoms. The van der Waals surface area contributed by atoms with E-state index in [0.717, 1.165) is 25.9 Å². The predicted octanol–water partition coefficient (Wildman–Crippen LogP) is 4.36. The first-order chi connectivity index (χ1) is 17.5. The summed E-state index contributed by atoms with van der Waals surface area (Å²) in [6.45, 7) is 4.34. The molecule has 0 radical (unpaired) electrons. The van der Waals surface area contributed by atoms with Crippen LogP contribution < -0.4 is 10.1 Å². The smallest absolute Gasteiger partial charge is 0.423 e. The maximum atomic E-state index is 13.5. The van der Waals surface area contributed by atoms with Crippen molar-refractivity contribution in [1.29, 1.82) is 0 Å². The lowest BCUT2D eigenvalue weighted by Crippen LogP contribution is -2.50. The van der Waals surface area contributed by atoms with E-state index in [2.05, 4.69) is 27.2 Å². The number of aryl methyl sites for hydroxylation is 1. The fraction of sp³-hybridized carbons (Fsp3) is 0.600. The van der Waals surface area contributed by atoms with Gasteiger partial charge in [0.05, 0.1) is 23.4 Å². The normalized spacial score (nSPS) is 22.7. The van der Waals surface area contributed by atoms with Crippen LogP contribution in [0.25, 0.3) is 0 Å². The summed E-state index contributed by atoms with van der Waals surface area (Å²) >= 11 is 0. The van der Waals surface area contributed by atoms with Gasteiger partial charge in [0, 0.05) is 18.3 Å². The molecule has 3 heterocycles. The van der Waals surface area contributed by atoms with Crippen LogP contribution in [-0.4, -0.2) is 68.0 Å². The maximum Gasteiger partial charge on any atom is 0.423 e. The Bertz CT molecular complexity index is 1250. The van der Waals surface area contributed by atoms with E-state index in [1.165, 1.54) is 6.07 Å². The van der Waals surface area contributed by atoms with Gasteiger partial charge in [-0.2, -0.15) is 18.2 Å². The number of alkyl halides is 3. The van der Waals surface area contributed by atoms with Crippen LogP contribution in [0.1, 0.15) is 43.2 Å². The molecule has 1 N–H and O–H groups in total. The van der Waals surface area contributed by atoms with Crippen LogP contribution >= 0.6 is 0 Å². The van der Waals surface area contributed by atoms with Gasteiger partial charge in [0.25, 0.3) is 0 Å². The van der Waals surface area contributed by atoms with Crippen molar-refractivity contribution in [2.45, 2.75) is 61.5 Å². The zero-order valence-electron chi connectivity index (χ0n) is 20.8. The predicted molar refractivity (Wildman–Crippen MR) is 131 cm³/mol. The van der Waals surface area contributed by atoms with Gasteiger partial charge < -0.3 is 19.7 Å². The Morgan fingerprint density at radius 1 is 1.22 bits per heavy atom. The molecule has 0 amide bonds. The minimum Gasteiger partial charge on any atom is -0.471 e. The van der Waals surface area contributed by atoms with E-state index in [0.29, 0.717) is 43.3 Å². The van der Waals surface area contributed by atoms with Crippen molar-refractivity contribution >= 4 is 21.5 Å². The van der Waals surface area contributed by atoms with Crippen LogP contribution in [0.4, 0.5) is 24.8 Å². The molecule has 8 nitrogen and oxygen atoms in total. The second-order valence-electron chi connectivity index (χ2n) is 10.5. The van der Waals surface area contributed by atoms with Crippen molar-refractivity contribution < 1.29 is 31.1 Å². The number of sulfone groups is 1. The first kappa shape index (κ1) is 26.2. The van der Waals surface area contributed by atoms with Gasteiger partial charge in [-0.15, -0.1) is 0 Å². The summed E-state index contributed by atoms with van der Waals surface area (Å²) in [6, 6.07) is 4.72. The van der Waals surface area contributed by atoms with Crippen molar-refractivity contribution in [2.75, 3.05) is 38.7 Å². The second kappa shape index (κ2) is 9.70. The molecule has 1 spiro atoms. The summed E-state index contributed by atoms with van der Waals surface area (Å²) in [5.74, 6) is -0.644. The Hall–Kier alpha value is -2.44. The molecule has 1 aromatic heterocycles. The molecule has 3 aliphatic rings. The van der Waals surface area contributed by atoms with E-state index in [1.807, 2.05) is 0 Å². The van der Waals surface area contributed by atoms with Crippen molar-refractivity contribution in [3.8, 4) is 5.88 Å². The van der Waals surface area contributed by atoms with Crippen LogP contribution in [0.5, 0.6) is 5.88 Å². The number of nitrogens with one attached hydrogen (secondary N) is 1. The molecule has 1 saturated carbocycles. The first-order valence-electron chi connectivity index (χ1n) is 12.4. The van der Waals surface area contributed by atoms with Gasteiger partial charge in [-0.05, 0) is 81.9 Å². The highest BCUT2D eigenvalue weighted by atomic mass is 32.2. The Morgan fingerprint density at radius 2 is 1.95 bits per heavy atom. The standard InChI is InChI=1S/C25H31F3N4O4S/c1-16-11-18(37(33,34)19-12-24(13-19)6-8-32(2)9-7-24)3-4-21(16)30-23-29-14-20(25(26,27)28)22(31-23)36-17-5-10-35-15-17/h3-4,11,14,17,19H,5-10,12-13,15H2,1-2H3,(H,29,30,31). The van der Waals surface area contributed by atoms with Crippen molar-refractivity contribution in [2.24, 2.45) is 5.41 Å². The highest BCUT2D eigenvalue weighted by Gasteiger charge is 2.50. The number of anilines is 2. The van der Waals surface area contributed by atoms with Crippen LogP contribution in [-0.2, 0) is 20.8 Å². The molecule has 202 valence electrons. The third kappa shape index (κ3) is 5.42. The van der Waals surface area contributed by atoms with Crippen molar-refractivity contribution in [3.05, 3.63) is 35.5 Å². The topological polar surface area (TPSA) is 93.7 Å². The molecular formula is C25H31F3N4O4S. The molecule has 5 rings (SSSR count). The van der Waals surface area contributed by atoms with E-state index in [1.54, 1.807) is 19.1 Å². The number of halogens is 3. The highest BCUT2D eigenvalue weighted by molar-refractivity contribution is 7.92. The molecular weight excluding hydrogens is 509 g/mol. The van der Waals surface area contributed by atoms with E-state index >= 15 is 0 Å². The highest BCUT2D eigenvalue weighted by Crippen LogP contribution is 2.52. The van der Waals surface area contributed by atoms with Crippen LogP contribution in [0.2, 0.25) is 0 Å². The van der Waals surface area contributed by atoms with E-state index in [9.17, 15) is 21.6 Å². The van der Waals surface area contributed by atoms with E-state index in [-0.39, 0.29) is 28.1 Å². The molecule has 1 aromatic carbocycles. The third-order valence-corrected chi connectivity index (χ3v) is 9.93. The number of aromatic nitrogens is 2. The van der Waals surface area contributed by atoms with Gasteiger partial charge in [0.2, 0.25) is 11.8 Å². The van der Waals surface area contributed by atoms with Gasteiger partial charge in [0.15, 0.2) is 9.84 Å². The summed E-state index contributed by atoms with van der Waals surface area (Å²) in [7, 11) is -1.39. The number of likely N-dealkylation sites (tertiary alicyclic amines) is 1. The van der Waals surface area contributed by atoms with Gasteiger partial charge in [-0.1, -0.05) is 0 Å². The zero-order chi connectivity index (χ0) is 26.4. The quantitative estimate of drug-likeness (QED) is 0.578. The SMILES string of the molecule is Cc1cc(S(=O)(=O)C2CC3(CCN(C)CC3)C2)ccc1Nc1ncc(C(F)(F)F)c(OC2CCOC2)n1. The average Bonchev–Trinajstić information content (AvgIpc) is 3.32. The van der Waals surface area contributed by atoms with Gasteiger partial charge >= 0.3 is 6.18 Å². The summed E-state index contributed by atoms with van der Waals surface area (Å²) in [4.78, 5) is 10.3. The summed E-state index contributed by atoms with van der Waals surface area (Å²) in [5.41, 5.74) is 0.190. The molecule has 2 aromatic rings. The van der Waals surface area contributed by atoms with Crippen molar-refractivity contribution in [1.82, 2.24) is 14.9 Å². The Balaban J connectivity index is 1.31. The Morgan fingerprint density at radius 3 is 2.57 bits per heavy atom. The second-order valence-corrected chi connectivity index (χ2v) is 12.7. The van der Waals surface area contributed by atoms with E-state index in [4.69, 9.17) is 9.47 Å². The van der Waals surface area contributed by atoms with Gasteiger partial charge in [-0.3, -0.25) is 0 Å². The molecule has 1 aliphatic carbocycles. The third-order valence-electron chi connectivity index (χ3n) is 7.81. The molecule has 3 fully saturated rings. The lowest BCUT2D eigenvalue weighted by atomic mass is 9.63. The first-order valence-corrected chi connectivity index (χ1v) is 14.0. The number of hydrogen-bond donors (Lipinski definition) is 1. The van der Waals surface area contributed by atoms with E-state index < -0.39 is 33.6 Å². The number of benzene rings is 1.